The Kier molecular flexibility index (Phi) is 10.0. The van der Waals surface area contributed by atoms with E-state index in [1.54, 1.807) is 30.3 Å². The van der Waals surface area contributed by atoms with Gasteiger partial charge in [-0.2, -0.15) is 33.7 Å². The summed E-state index contributed by atoms with van der Waals surface area (Å²) in [4.78, 5) is 0. The number of alkyl halides is 5. The van der Waals surface area contributed by atoms with Crippen LogP contribution in [0.15, 0.2) is 66.7 Å². The highest BCUT2D eigenvalue weighted by molar-refractivity contribution is 7.99. The lowest BCUT2D eigenvalue weighted by molar-refractivity contribution is -0.284. The molecule has 0 spiro atoms. The summed E-state index contributed by atoms with van der Waals surface area (Å²) in [6.07, 6.45) is -6.95. The minimum Gasteiger partial charge on any atom is -0.508 e. The van der Waals surface area contributed by atoms with Crippen LogP contribution in [-0.2, 0) is 4.74 Å². The lowest BCUT2D eigenvalue weighted by Gasteiger charge is -2.25. The number of fused-ring (bicyclic) bond motifs is 1. The van der Waals surface area contributed by atoms with Crippen LogP contribution in [-0.4, -0.2) is 60.2 Å². The Labute approximate surface area is 238 Å². The minimum absolute atomic E-state index is 0.103. The van der Waals surface area contributed by atoms with Gasteiger partial charge in [0.05, 0.1) is 13.2 Å². The van der Waals surface area contributed by atoms with Crippen LogP contribution < -0.4 is 9.47 Å². The van der Waals surface area contributed by atoms with Gasteiger partial charge in [-0.15, -0.1) is 0 Å². The van der Waals surface area contributed by atoms with Crippen LogP contribution in [0.5, 0.6) is 23.0 Å². The fourth-order valence-electron chi connectivity index (χ4n) is 4.24. The maximum Gasteiger partial charge on any atom is 0.453 e. The van der Waals surface area contributed by atoms with E-state index in [9.17, 15) is 32.2 Å². The third-order valence-electron chi connectivity index (χ3n) is 6.33. The second-order valence-electron chi connectivity index (χ2n) is 9.27. The van der Waals surface area contributed by atoms with E-state index in [0.29, 0.717) is 30.5 Å². The molecule has 4 rings (SSSR count). The molecule has 41 heavy (non-hydrogen) atoms. The van der Waals surface area contributed by atoms with Gasteiger partial charge in [-0.1, -0.05) is 24.3 Å². The van der Waals surface area contributed by atoms with Crippen molar-refractivity contribution in [3.63, 3.8) is 0 Å². The zero-order valence-corrected chi connectivity index (χ0v) is 22.7. The fraction of sp³-hybridized carbons (Fsp3) is 0.333. The van der Waals surface area contributed by atoms with Crippen molar-refractivity contribution in [1.29, 1.82) is 0 Å². The summed E-state index contributed by atoms with van der Waals surface area (Å²) in [5.74, 6) is -2.51. The number of phenols is 2. The Morgan fingerprint density at radius 3 is 2.17 bits per heavy atom. The van der Waals surface area contributed by atoms with Crippen molar-refractivity contribution in [1.82, 2.24) is 0 Å². The number of halogens is 5. The highest BCUT2D eigenvalue weighted by Crippen LogP contribution is 2.43. The largest absolute Gasteiger partial charge is 0.508 e. The maximum atomic E-state index is 12.9. The molecule has 0 amide bonds. The Hall–Kier alpha value is -3.44. The smallest absolute Gasteiger partial charge is 0.453 e. The molecule has 0 aliphatic carbocycles. The molecule has 11 heteroatoms. The molecule has 0 saturated carbocycles. The molecule has 0 saturated heterocycles. The first-order chi connectivity index (χ1) is 19.5. The molecule has 1 aliphatic rings. The van der Waals surface area contributed by atoms with E-state index in [4.69, 9.17) is 14.2 Å². The lowest BCUT2D eigenvalue weighted by Crippen LogP contribution is -2.36. The molecular formula is C30H29F5O5S. The van der Waals surface area contributed by atoms with Crippen molar-refractivity contribution in [2.75, 3.05) is 37.9 Å². The quantitative estimate of drug-likeness (QED) is 0.157. The molecule has 0 fully saturated rings. The Balaban J connectivity index is 1.28. The topological polar surface area (TPSA) is 68.2 Å². The zero-order chi connectivity index (χ0) is 29.5. The van der Waals surface area contributed by atoms with Gasteiger partial charge in [0.15, 0.2) is 0 Å². The highest BCUT2D eigenvalue weighted by atomic mass is 32.2. The predicted molar refractivity (Wildman–Crippen MR) is 148 cm³/mol. The van der Waals surface area contributed by atoms with Crippen molar-refractivity contribution in [2.45, 2.75) is 24.9 Å². The van der Waals surface area contributed by atoms with Crippen LogP contribution in [0.1, 0.15) is 29.5 Å². The van der Waals surface area contributed by atoms with E-state index in [-0.39, 0.29) is 36.9 Å². The second-order valence-corrected chi connectivity index (χ2v) is 10.5. The molecule has 220 valence electrons. The molecule has 5 nitrogen and oxygen atoms in total. The Bertz CT molecular complexity index is 1320. The minimum atomic E-state index is -5.50. The Morgan fingerprint density at radius 1 is 0.780 bits per heavy atom. The van der Waals surface area contributed by atoms with Crippen molar-refractivity contribution in [3.8, 4) is 23.0 Å². The van der Waals surface area contributed by atoms with E-state index in [1.807, 2.05) is 36.4 Å². The summed E-state index contributed by atoms with van der Waals surface area (Å²) in [5, 5.41) is 19.6. The van der Waals surface area contributed by atoms with Crippen LogP contribution in [0.3, 0.4) is 0 Å². The van der Waals surface area contributed by atoms with E-state index in [0.717, 1.165) is 27.8 Å². The van der Waals surface area contributed by atoms with Gasteiger partial charge in [0.1, 0.15) is 36.2 Å². The number of thioether (sulfide) groups is 1. The molecule has 3 aromatic rings. The van der Waals surface area contributed by atoms with E-state index in [2.05, 4.69) is 0 Å². The molecule has 0 atom stereocenters. The van der Waals surface area contributed by atoms with Gasteiger partial charge in [0, 0.05) is 29.4 Å². The lowest BCUT2D eigenvalue weighted by atomic mass is 9.87. The first-order valence-electron chi connectivity index (χ1n) is 12.9. The van der Waals surface area contributed by atoms with Crippen molar-refractivity contribution < 1.29 is 46.4 Å². The number of rotatable bonds is 13. The van der Waals surface area contributed by atoms with Crippen molar-refractivity contribution >= 4 is 22.9 Å². The SMILES string of the molecule is Oc1ccc(C2=C(c3ccc(OCCOCCSCCCC(F)(F)C(F)(F)F)cc3)c3ccc(O)cc3OC2)cc1. The number of phenolic OH excluding ortho intramolecular Hbond substituents is 2. The van der Waals surface area contributed by atoms with Crippen molar-refractivity contribution in [3.05, 3.63) is 83.4 Å². The molecule has 0 radical (unpaired) electrons. The van der Waals surface area contributed by atoms with E-state index in [1.165, 1.54) is 11.8 Å². The highest BCUT2D eigenvalue weighted by Gasteiger charge is 2.56. The number of ether oxygens (including phenoxy) is 3. The monoisotopic (exact) mass is 596 g/mol. The van der Waals surface area contributed by atoms with Gasteiger partial charge in [0.2, 0.25) is 0 Å². The molecule has 1 heterocycles. The fourth-order valence-corrected chi connectivity index (χ4v) is 5.03. The summed E-state index contributed by atoms with van der Waals surface area (Å²) < 4.78 is 79.4. The van der Waals surface area contributed by atoms with Gasteiger partial charge in [0.25, 0.3) is 0 Å². The Morgan fingerprint density at radius 2 is 1.46 bits per heavy atom. The molecule has 3 aromatic carbocycles. The molecule has 0 unspecified atom stereocenters. The number of hydrogen-bond acceptors (Lipinski definition) is 6. The van der Waals surface area contributed by atoms with Gasteiger partial charge in [-0.25, -0.2) is 0 Å². The molecule has 0 aromatic heterocycles. The molecule has 0 bridgehead atoms. The summed E-state index contributed by atoms with van der Waals surface area (Å²) in [5.41, 5.74) is 4.50. The first-order valence-corrected chi connectivity index (χ1v) is 14.0. The summed E-state index contributed by atoms with van der Waals surface area (Å²) in [6.45, 7) is 1.18. The van der Waals surface area contributed by atoms with Crippen molar-refractivity contribution in [2.24, 2.45) is 0 Å². The van der Waals surface area contributed by atoms with Crippen LogP contribution in [0.4, 0.5) is 22.0 Å². The average Bonchev–Trinajstić information content (AvgIpc) is 2.93. The molecular weight excluding hydrogens is 567 g/mol. The summed E-state index contributed by atoms with van der Waals surface area (Å²) in [6, 6.07) is 19.4. The van der Waals surface area contributed by atoms with Crippen LogP contribution in [0, 0.1) is 0 Å². The van der Waals surface area contributed by atoms with Crippen LogP contribution >= 0.6 is 11.8 Å². The molecule has 2 N–H and O–H groups in total. The van der Waals surface area contributed by atoms with Crippen LogP contribution in [0.25, 0.3) is 11.1 Å². The molecule has 1 aliphatic heterocycles. The normalized spacial score (nSPS) is 13.6. The standard InChI is InChI=1S/C30H29F5O5S/c31-29(32,30(33,34)35)12-1-16-41-17-15-38-13-14-39-24-9-4-21(5-10-24)28-25-11-8-23(37)18-27(25)40-19-26(28)20-2-6-22(36)7-3-20/h2-11,18,36-37H,1,12-17,19H2. The summed E-state index contributed by atoms with van der Waals surface area (Å²) >= 11 is 1.26. The number of hydrogen-bond donors (Lipinski definition) is 2. The van der Waals surface area contributed by atoms with Gasteiger partial charge >= 0.3 is 12.1 Å². The first kappa shape index (κ1) is 30.5. The zero-order valence-electron chi connectivity index (χ0n) is 21.9. The predicted octanol–water partition coefficient (Wildman–Crippen LogP) is 7.56. The van der Waals surface area contributed by atoms with Gasteiger partial charge in [-0.05, 0) is 65.3 Å². The van der Waals surface area contributed by atoms with Gasteiger partial charge < -0.3 is 24.4 Å². The van der Waals surface area contributed by atoms with Gasteiger partial charge in [-0.3, -0.25) is 0 Å². The second kappa shape index (κ2) is 13.5. The van der Waals surface area contributed by atoms with Crippen LogP contribution in [0.2, 0.25) is 0 Å². The maximum absolute atomic E-state index is 12.9. The third-order valence-corrected chi connectivity index (χ3v) is 7.36. The average molecular weight is 597 g/mol. The van der Waals surface area contributed by atoms with E-state index >= 15 is 0 Å². The third kappa shape index (κ3) is 8.07. The number of benzene rings is 3. The van der Waals surface area contributed by atoms with E-state index < -0.39 is 18.5 Å². The number of aromatic hydroxyl groups is 2. The summed E-state index contributed by atoms with van der Waals surface area (Å²) in [7, 11) is 0.